The summed E-state index contributed by atoms with van der Waals surface area (Å²) in [6.45, 7) is 2.13. The van der Waals surface area contributed by atoms with E-state index in [4.69, 9.17) is 9.47 Å². The number of carbonyl (C=O) groups is 1. The number of carbonyl (C=O) groups excluding carboxylic acids is 1. The molecule has 3 rings (SSSR count). The Morgan fingerprint density at radius 3 is 2.09 bits per heavy atom. The van der Waals surface area contributed by atoms with Gasteiger partial charge in [0.15, 0.2) is 0 Å². The molecule has 0 aromatic heterocycles. The van der Waals surface area contributed by atoms with E-state index in [-0.39, 0.29) is 6.09 Å². The Morgan fingerprint density at radius 1 is 0.913 bits per heavy atom. The van der Waals surface area contributed by atoms with Crippen molar-refractivity contribution in [2.75, 3.05) is 19.7 Å². The van der Waals surface area contributed by atoms with Gasteiger partial charge in [-0.3, -0.25) is 0 Å². The van der Waals surface area contributed by atoms with E-state index in [2.05, 4.69) is 0 Å². The minimum Gasteiger partial charge on any atom is -0.493 e. The fourth-order valence-electron chi connectivity index (χ4n) is 2.67. The van der Waals surface area contributed by atoms with Gasteiger partial charge in [-0.1, -0.05) is 36.4 Å². The first-order chi connectivity index (χ1) is 11.3. The van der Waals surface area contributed by atoms with Crippen LogP contribution in [0.1, 0.15) is 12.8 Å². The van der Waals surface area contributed by atoms with Gasteiger partial charge >= 0.3 is 6.09 Å². The Hall–Kier alpha value is -2.49. The summed E-state index contributed by atoms with van der Waals surface area (Å²) in [5.74, 6) is 1.97. The number of para-hydroxylation sites is 2. The van der Waals surface area contributed by atoms with Crippen LogP contribution in [0.3, 0.4) is 0 Å². The van der Waals surface area contributed by atoms with Crippen LogP contribution >= 0.6 is 0 Å². The van der Waals surface area contributed by atoms with E-state index in [1.54, 1.807) is 17.0 Å². The molecule has 23 heavy (non-hydrogen) atoms. The summed E-state index contributed by atoms with van der Waals surface area (Å²) in [5, 5.41) is 0. The third-order valence-electron chi connectivity index (χ3n) is 4.05. The van der Waals surface area contributed by atoms with Crippen molar-refractivity contribution >= 4 is 6.09 Å². The minimum atomic E-state index is -0.265. The molecule has 0 atom stereocenters. The molecule has 0 spiro atoms. The maximum atomic E-state index is 12.1. The zero-order valence-corrected chi connectivity index (χ0v) is 13.1. The molecule has 1 aliphatic rings. The summed E-state index contributed by atoms with van der Waals surface area (Å²) in [6.07, 6.45) is 1.62. The monoisotopic (exact) mass is 311 g/mol. The highest BCUT2D eigenvalue weighted by molar-refractivity contribution is 5.70. The number of hydrogen-bond acceptors (Lipinski definition) is 3. The third kappa shape index (κ3) is 4.49. The van der Waals surface area contributed by atoms with Crippen LogP contribution in [-0.2, 0) is 0 Å². The molecule has 0 aliphatic carbocycles. The number of ether oxygens (including phenoxy) is 2. The van der Waals surface area contributed by atoms with Crippen molar-refractivity contribution in [3.63, 3.8) is 0 Å². The molecule has 4 heteroatoms. The molecular formula is C19H21NO3. The average molecular weight is 311 g/mol. The van der Waals surface area contributed by atoms with Crippen LogP contribution in [0, 0.1) is 5.92 Å². The Kier molecular flexibility index (Phi) is 5.14. The lowest BCUT2D eigenvalue weighted by molar-refractivity contribution is 0.117. The number of benzene rings is 2. The van der Waals surface area contributed by atoms with Crippen LogP contribution in [0.5, 0.6) is 11.5 Å². The van der Waals surface area contributed by atoms with E-state index >= 15 is 0 Å². The molecule has 2 aromatic rings. The van der Waals surface area contributed by atoms with Gasteiger partial charge in [0.05, 0.1) is 6.61 Å². The van der Waals surface area contributed by atoms with Crippen molar-refractivity contribution in [2.45, 2.75) is 12.8 Å². The van der Waals surface area contributed by atoms with Crippen molar-refractivity contribution in [1.29, 1.82) is 0 Å². The van der Waals surface area contributed by atoms with E-state index in [0.29, 0.717) is 31.4 Å². The van der Waals surface area contributed by atoms with E-state index in [1.807, 2.05) is 48.5 Å². The average Bonchev–Trinajstić information content (AvgIpc) is 2.62. The summed E-state index contributed by atoms with van der Waals surface area (Å²) < 4.78 is 11.2. The SMILES string of the molecule is O=C(Oc1ccccc1)N1CCC(COc2ccccc2)CC1. The second kappa shape index (κ2) is 7.68. The zero-order valence-electron chi connectivity index (χ0n) is 13.1. The van der Waals surface area contributed by atoms with E-state index in [0.717, 1.165) is 18.6 Å². The van der Waals surface area contributed by atoms with Crippen molar-refractivity contribution in [1.82, 2.24) is 4.90 Å². The Morgan fingerprint density at radius 2 is 1.48 bits per heavy atom. The number of amides is 1. The van der Waals surface area contributed by atoms with Gasteiger partial charge in [0.25, 0.3) is 0 Å². The summed E-state index contributed by atoms with van der Waals surface area (Å²) in [6, 6.07) is 19.0. The van der Waals surface area contributed by atoms with Crippen molar-refractivity contribution in [3.05, 3.63) is 60.7 Å². The van der Waals surface area contributed by atoms with Crippen LogP contribution in [-0.4, -0.2) is 30.7 Å². The molecular weight excluding hydrogens is 290 g/mol. The third-order valence-corrected chi connectivity index (χ3v) is 4.05. The smallest absolute Gasteiger partial charge is 0.415 e. The van der Waals surface area contributed by atoms with Crippen LogP contribution in [0.25, 0.3) is 0 Å². The van der Waals surface area contributed by atoms with Crippen molar-refractivity contribution in [3.8, 4) is 11.5 Å². The van der Waals surface area contributed by atoms with Crippen LogP contribution in [0.4, 0.5) is 4.79 Å². The molecule has 2 aromatic carbocycles. The quantitative estimate of drug-likeness (QED) is 0.857. The lowest BCUT2D eigenvalue weighted by atomic mass is 9.98. The standard InChI is InChI=1S/C19H21NO3/c21-19(23-18-9-5-2-6-10-18)20-13-11-16(12-14-20)15-22-17-7-3-1-4-8-17/h1-10,16H,11-15H2. The molecule has 0 saturated carbocycles. The first-order valence-corrected chi connectivity index (χ1v) is 8.01. The number of nitrogens with zero attached hydrogens (tertiary/aromatic N) is 1. The molecule has 1 aliphatic heterocycles. The normalized spacial score (nSPS) is 15.2. The summed E-state index contributed by atoms with van der Waals surface area (Å²) in [7, 11) is 0. The molecule has 1 heterocycles. The highest BCUT2D eigenvalue weighted by Crippen LogP contribution is 2.20. The van der Waals surface area contributed by atoms with E-state index in [9.17, 15) is 4.79 Å². The Balaban J connectivity index is 1.42. The largest absolute Gasteiger partial charge is 0.493 e. The lowest BCUT2D eigenvalue weighted by Crippen LogP contribution is -2.41. The van der Waals surface area contributed by atoms with Gasteiger partial charge in [0, 0.05) is 13.1 Å². The number of piperidine rings is 1. The van der Waals surface area contributed by atoms with Crippen molar-refractivity contribution in [2.24, 2.45) is 5.92 Å². The molecule has 0 N–H and O–H groups in total. The first kappa shape index (κ1) is 15.4. The van der Waals surface area contributed by atoms with Gasteiger partial charge < -0.3 is 14.4 Å². The predicted molar refractivity (Wildman–Crippen MR) is 88.7 cm³/mol. The predicted octanol–water partition coefficient (Wildman–Crippen LogP) is 3.98. The van der Waals surface area contributed by atoms with Crippen LogP contribution in [0.2, 0.25) is 0 Å². The van der Waals surface area contributed by atoms with Crippen molar-refractivity contribution < 1.29 is 14.3 Å². The lowest BCUT2D eigenvalue weighted by Gasteiger charge is -2.31. The molecule has 120 valence electrons. The molecule has 4 nitrogen and oxygen atoms in total. The zero-order chi connectivity index (χ0) is 15.9. The van der Waals surface area contributed by atoms with Gasteiger partial charge in [-0.25, -0.2) is 4.79 Å². The molecule has 0 radical (unpaired) electrons. The fourth-order valence-corrected chi connectivity index (χ4v) is 2.67. The second-order valence-electron chi connectivity index (χ2n) is 5.74. The summed E-state index contributed by atoms with van der Waals surface area (Å²) >= 11 is 0. The molecule has 0 unspecified atom stereocenters. The maximum Gasteiger partial charge on any atom is 0.415 e. The molecule has 1 fully saturated rings. The van der Waals surface area contributed by atoms with E-state index < -0.39 is 0 Å². The van der Waals surface area contributed by atoms with Gasteiger partial charge in [0.1, 0.15) is 11.5 Å². The van der Waals surface area contributed by atoms with Crippen LogP contribution in [0.15, 0.2) is 60.7 Å². The fraction of sp³-hybridized carbons (Fsp3) is 0.316. The molecule has 1 saturated heterocycles. The Labute approximate surface area is 136 Å². The number of hydrogen-bond donors (Lipinski definition) is 0. The summed E-state index contributed by atoms with van der Waals surface area (Å²) in [5.41, 5.74) is 0. The molecule has 1 amide bonds. The topological polar surface area (TPSA) is 38.8 Å². The summed E-state index contributed by atoms with van der Waals surface area (Å²) in [4.78, 5) is 13.9. The first-order valence-electron chi connectivity index (χ1n) is 8.01. The maximum absolute atomic E-state index is 12.1. The van der Waals surface area contributed by atoms with E-state index in [1.165, 1.54) is 0 Å². The van der Waals surface area contributed by atoms with Gasteiger partial charge in [-0.05, 0) is 43.0 Å². The van der Waals surface area contributed by atoms with Crippen LogP contribution < -0.4 is 9.47 Å². The number of rotatable bonds is 4. The number of likely N-dealkylation sites (tertiary alicyclic amines) is 1. The van der Waals surface area contributed by atoms with Gasteiger partial charge in [-0.15, -0.1) is 0 Å². The Bertz CT molecular complexity index is 607. The second-order valence-corrected chi connectivity index (χ2v) is 5.74. The molecule has 0 bridgehead atoms. The van der Waals surface area contributed by atoms with Gasteiger partial charge in [-0.2, -0.15) is 0 Å². The highest BCUT2D eigenvalue weighted by atomic mass is 16.6. The highest BCUT2D eigenvalue weighted by Gasteiger charge is 2.24. The van der Waals surface area contributed by atoms with Gasteiger partial charge in [0.2, 0.25) is 0 Å². The minimum absolute atomic E-state index is 0.265.